The van der Waals surface area contributed by atoms with Crippen LogP contribution in [-0.2, 0) is 14.9 Å². The molecule has 0 unspecified atom stereocenters. The molecule has 0 saturated heterocycles. The van der Waals surface area contributed by atoms with Gasteiger partial charge in [-0.1, -0.05) is 24.3 Å². The van der Waals surface area contributed by atoms with Crippen LogP contribution in [0.1, 0.15) is 35.2 Å². The van der Waals surface area contributed by atoms with Crippen molar-refractivity contribution in [2.45, 2.75) is 32.1 Å². The molecule has 0 bridgehead atoms. The molecule has 1 aromatic heterocycles. The van der Waals surface area contributed by atoms with E-state index >= 15 is 0 Å². The lowest BCUT2D eigenvalue weighted by Gasteiger charge is -2.26. The zero-order valence-electron chi connectivity index (χ0n) is 14.1. The van der Waals surface area contributed by atoms with Crippen molar-refractivity contribution in [3.63, 3.8) is 0 Å². The first-order chi connectivity index (χ1) is 11.5. The van der Waals surface area contributed by atoms with Crippen molar-refractivity contribution in [1.82, 2.24) is 4.98 Å². The van der Waals surface area contributed by atoms with Crippen LogP contribution in [0.15, 0.2) is 42.6 Å². The molecule has 0 N–H and O–H groups in total. The number of carbonyl (C=O) groups is 1. The lowest BCUT2D eigenvalue weighted by Crippen LogP contribution is -2.34. The molecule has 3 rings (SSSR count). The molecule has 0 radical (unpaired) electrons. The van der Waals surface area contributed by atoms with Crippen LogP contribution in [0, 0.1) is 19.7 Å². The Bertz CT molecular complexity index is 811. The van der Waals surface area contributed by atoms with Crippen molar-refractivity contribution in [2.24, 2.45) is 0 Å². The van der Waals surface area contributed by atoms with Crippen LogP contribution < -0.4 is 0 Å². The van der Waals surface area contributed by atoms with Gasteiger partial charge in [0.05, 0.1) is 7.11 Å². The molecule has 1 aromatic carbocycles. The van der Waals surface area contributed by atoms with Gasteiger partial charge in [-0.3, -0.25) is 9.78 Å². The highest BCUT2D eigenvalue weighted by molar-refractivity contribution is 5.91. The zero-order valence-corrected chi connectivity index (χ0v) is 14.1. The zero-order chi connectivity index (χ0) is 17.3. The SMILES string of the molecule is COC(=O)[C@]1(c2cccc(F)c2C)C=C(c2ccc(C)nc2)CC1. The Morgan fingerprint density at radius 3 is 2.71 bits per heavy atom. The maximum absolute atomic E-state index is 14.1. The normalized spacial score (nSPS) is 19.9. The van der Waals surface area contributed by atoms with E-state index in [1.807, 2.05) is 37.4 Å². The van der Waals surface area contributed by atoms with E-state index in [1.54, 1.807) is 13.0 Å². The molecule has 0 spiro atoms. The predicted molar refractivity (Wildman–Crippen MR) is 91.0 cm³/mol. The minimum absolute atomic E-state index is 0.311. The Morgan fingerprint density at radius 2 is 2.04 bits per heavy atom. The number of nitrogens with zero attached hydrogens (tertiary/aromatic N) is 1. The quantitative estimate of drug-likeness (QED) is 0.797. The van der Waals surface area contributed by atoms with E-state index in [0.717, 1.165) is 23.3 Å². The summed E-state index contributed by atoms with van der Waals surface area (Å²) in [7, 11) is 1.37. The van der Waals surface area contributed by atoms with Gasteiger partial charge in [0.15, 0.2) is 0 Å². The predicted octanol–water partition coefficient (Wildman–Crippen LogP) is 4.13. The summed E-state index contributed by atoms with van der Waals surface area (Å²) in [5.41, 5.74) is 3.18. The number of benzene rings is 1. The molecule has 0 amide bonds. The lowest BCUT2D eigenvalue weighted by molar-refractivity contribution is -0.145. The van der Waals surface area contributed by atoms with E-state index in [9.17, 15) is 9.18 Å². The maximum Gasteiger partial charge on any atom is 0.320 e. The molecular formula is C20H20FNO2. The smallest absolute Gasteiger partial charge is 0.320 e. The van der Waals surface area contributed by atoms with Crippen molar-refractivity contribution < 1.29 is 13.9 Å². The number of hydrogen-bond acceptors (Lipinski definition) is 3. The number of esters is 1. The molecular weight excluding hydrogens is 305 g/mol. The summed E-state index contributed by atoms with van der Waals surface area (Å²) in [5, 5.41) is 0. The van der Waals surface area contributed by atoms with Gasteiger partial charge in [0.25, 0.3) is 0 Å². The number of methoxy groups -OCH3 is 1. The molecule has 2 aromatic rings. The van der Waals surface area contributed by atoms with Crippen molar-refractivity contribution in [1.29, 1.82) is 0 Å². The van der Waals surface area contributed by atoms with Gasteiger partial charge in [0, 0.05) is 11.9 Å². The molecule has 1 heterocycles. The van der Waals surface area contributed by atoms with E-state index in [4.69, 9.17) is 4.74 Å². The van der Waals surface area contributed by atoms with Gasteiger partial charge < -0.3 is 4.74 Å². The van der Waals surface area contributed by atoms with Gasteiger partial charge in [-0.25, -0.2) is 4.39 Å². The first kappa shape index (κ1) is 16.4. The first-order valence-corrected chi connectivity index (χ1v) is 7.97. The van der Waals surface area contributed by atoms with Crippen molar-refractivity contribution in [3.05, 3.63) is 70.8 Å². The van der Waals surface area contributed by atoms with E-state index in [-0.39, 0.29) is 11.8 Å². The maximum atomic E-state index is 14.1. The molecule has 4 heteroatoms. The fourth-order valence-corrected chi connectivity index (χ4v) is 3.42. The Balaban J connectivity index is 2.13. The van der Waals surface area contributed by atoms with E-state index < -0.39 is 5.41 Å². The molecule has 1 aliphatic rings. The van der Waals surface area contributed by atoms with Crippen LogP contribution in [0.25, 0.3) is 5.57 Å². The fourth-order valence-electron chi connectivity index (χ4n) is 3.42. The summed E-state index contributed by atoms with van der Waals surface area (Å²) in [4.78, 5) is 16.9. The van der Waals surface area contributed by atoms with Crippen molar-refractivity contribution in [2.75, 3.05) is 7.11 Å². The summed E-state index contributed by atoms with van der Waals surface area (Å²) in [5.74, 6) is -0.666. The molecule has 24 heavy (non-hydrogen) atoms. The van der Waals surface area contributed by atoms with Crippen LogP contribution in [0.4, 0.5) is 4.39 Å². The first-order valence-electron chi connectivity index (χ1n) is 7.97. The summed E-state index contributed by atoms with van der Waals surface area (Å²) in [6.45, 7) is 3.64. The van der Waals surface area contributed by atoms with Crippen LogP contribution in [0.3, 0.4) is 0 Å². The molecule has 1 atom stereocenters. The number of ether oxygens (including phenoxy) is 1. The Hall–Kier alpha value is -2.49. The van der Waals surface area contributed by atoms with Crippen LogP contribution in [0.5, 0.6) is 0 Å². The monoisotopic (exact) mass is 325 g/mol. The Kier molecular flexibility index (Phi) is 4.22. The number of pyridine rings is 1. The highest BCUT2D eigenvalue weighted by Crippen LogP contribution is 2.44. The Labute approximate surface area is 141 Å². The molecule has 0 aliphatic heterocycles. The summed E-state index contributed by atoms with van der Waals surface area (Å²) < 4.78 is 19.1. The number of allylic oxidation sites excluding steroid dienone is 1. The highest BCUT2D eigenvalue weighted by Gasteiger charge is 2.44. The van der Waals surface area contributed by atoms with Gasteiger partial charge in [-0.05, 0) is 61.1 Å². The highest BCUT2D eigenvalue weighted by atomic mass is 19.1. The molecule has 124 valence electrons. The summed E-state index contributed by atoms with van der Waals surface area (Å²) in [6, 6.07) is 8.80. The third-order valence-corrected chi connectivity index (χ3v) is 4.79. The third-order valence-electron chi connectivity index (χ3n) is 4.79. The minimum atomic E-state index is -0.943. The van der Waals surface area contributed by atoms with Crippen molar-refractivity contribution >= 4 is 11.5 Å². The molecule has 3 nitrogen and oxygen atoms in total. The fraction of sp³-hybridized carbons (Fsp3) is 0.300. The topological polar surface area (TPSA) is 39.2 Å². The second-order valence-electron chi connectivity index (χ2n) is 6.23. The minimum Gasteiger partial charge on any atom is -0.468 e. The summed E-state index contributed by atoms with van der Waals surface area (Å²) in [6.07, 6.45) is 5.02. The van der Waals surface area contributed by atoms with Gasteiger partial charge in [-0.15, -0.1) is 0 Å². The number of carbonyl (C=O) groups excluding carboxylic acids is 1. The van der Waals surface area contributed by atoms with Crippen LogP contribution >= 0.6 is 0 Å². The Morgan fingerprint density at radius 1 is 1.25 bits per heavy atom. The van der Waals surface area contributed by atoms with Gasteiger partial charge in [0.2, 0.25) is 0 Å². The van der Waals surface area contributed by atoms with Crippen molar-refractivity contribution in [3.8, 4) is 0 Å². The largest absolute Gasteiger partial charge is 0.468 e. The second-order valence-corrected chi connectivity index (χ2v) is 6.23. The second kappa shape index (κ2) is 6.19. The number of rotatable bonds is 3. The van der Waals surface area contributed by atoms with Gasteiger partial charge >= 0.3 is 5.97 Å². The van der Waals surface area contributed by atoms with Crippen LogP contribution in [0.2, 0.25) is 0 Å². The number of hydrogen-bond donors (Lipinski definition) is 0. The standard InChI is InChI=1S/C20H20FNO2/c1-13-7-8-16(12-22-13)15-9-10-20(11-15,19(23)24-3)17-5-4-6-18(21)14(17)2/h4-8,11-12H,9-10H2,1-3H3/t20-/m0/s1. The molecule has 1 aliphatic carbocycles. The molecule has 0 fully saturated rings. The number of aromatic nitrogens is 1. The molecule has 0 saturated carbocycles. The number of aryl methyl sites for hydroxylation is 1. The van der Waals surface area contributed by atoms with E-state index in [0.29, 0.717) is 17.5 Å². The van der Waals surface area contributed by atoms with E-state index in [1.165, 1.54) is 13.2 Å². The van der Waals surface area contributed by atoms with E-state index in [2.05, 4.69) is 4.98 Å². The number of halogens is 1. The third kappa shape index (κ3) is 2.62. The average Bonchev–Trinajstić information content (AvgIpc) is 3.03. The van der Waals surface area contributed by atoms with Gasteiger partial charge in [0.1, 0.15) is 11.2 Å². The lowest BCUT2D eigenvalue weighted by atomic mass is 9.77. The average molecular weight is 325 g/mol. The van der Waals surface area contributed by atoms with Crippen LogP contribution in [-0.4, -0.2) is 18.1 Å². The summed E-state index contributed by atoms with van der Waals surface area (Å²) >= 11 is 0. The van der Waals surface area contributed by atoms with Gasteiger partial charge in [-0.2, -0.15) is 0 Å².